The van der Waals surface area contributed by atoms with Gasteiger partial charge < -0.3 is 18.8 Å². The lowest BCUT2D eigenvalue weighted by atomic mass is 9.91. The van der Waals surface area contributed by atoms with Gasteiger partial charge in [0.15, 0.2) is 0 Å². The number of ether oxygens (including phenoxy) is 1. The summed E-state index contributed by atoms with van der Waals surface area (Å²) in [5.41, 5.74) is 4.26. The van der Waals surface area contributed by atoms with Gasteiger partial charge in [0.1, 0.15) is 17.8 Å². The number of oxazole rings is 1. The van der Waals surface area contributed by atoms with Crippen molar-refractivity contribution in [2.24, 2.45) is 11.8 Å². The minimum Gasteiger partial charge on any atom is -0.493 e. The summed E-state index contributed by atoms with van der Waals surface area (Å²) >= 11 is 0. The number of nitrogens with zero attached hydrogens (tertiary/aromatic N) is 2. The summed E-state index contributed by atoms with van der Waals surface area (Å²) < 4.78 is 11.9. The van der Waals surface area contributed by atoms with E-state index in [9.17, 15) is 4.79 Å². The van der Waals surface area contributed by atoms with Crippen molar-refractivity contribution >= 4 is 12.0 Å². The van der Waals surface area contributed by atoms with Gasteiger partial charge in [-0.05, 0) is 61.2 Å². The maximum Gasteiger partial charge on any atom is 0.226 e. The number of hydrogen-bond acceptors (Lipinski definition) is 5. The van der Waals surface area contributed by atoms with Crippen LogP contribution in [0.3, 0.4) is 0 Å². The lowest BCUT2D eigenvalue weighted by Gasteiger charge is -2.18. The third-order valence-corrected chi connectivity index (χ3v) is 6.71. The second kappa shape index (κ2) is 10.6. The Kier molecular flexibility index (Phi) is 6.94. The van der Waals surface area contributed by atoms with Crippen molar-refractivity contribution in [2.45, 2.75) is 19.8 Å². The second-order valence-corrected chi connectivity index (χ2v) is 9.14. The number of benzene rings is 3. The lowest BCUT2D eigenvalue weighted by molar-refractivity contribution is -0.111. The number of aromatic nitrogens is 1. The van der Waals surface area contributed by atoms with Crippen molar-refractivity contribution in [1.82, 2.24) is 4.98 Å². The van der Waals surface area contributed by atoms with Crippen molar-refractivity contribution in [3.05, 3.63) is 102 Å². The van der Waals surface area contributed by atoms with Gasteiger partial charge >= 0.3 is 0 Å². The Hall–Kier alpha value is -3.86. The van der Waals surface area contributed by atoms with Crippen LogP contribution in [0.1, 0.15) is 17.0 Å². The van der Waals surface area contributed by atoms with E-state index in [-0.39, 0.29) is 11.8 Å². The van der Waals surface area contributed by atoms with E-state index in [1.807, 2.05) is 67.6 Å². The molecule has 3 aromatic carbocycles. The Labute approximate surface area is 206 Å². The first kappa shape index (κ1) is 22.9. The molecular weight excluding hydrogens is 436 g/mol. The highest BCUT2D eigenvalue weighted by Gasteiger charge is 2.32. The SMILES string of the molecule is Cc1oc(-c2ccccc2)nc1CCOc1cccc(C[C@H]2CN(c3ccccc3)C[C@H]2C=O)c1. The molecule has 0 aliphatic carbocycles. The largest absolute Gasteiger partial charge is 0.493 e. The van der Waals surface area contributed by atoms with E-state index in [1.165, 1.54) is 11.3 Å². The summed E-state index contributed by atoms with van der Waals surface area (Å²) in [6, 6.07) is 28.5. The molecule has 1 aliphatic heterocycles. The van der Waals surface area contributed by atoms with Crippen LogP contribution in [0.4, 0.5) is 5.69 Å². The van der Waals surface area contributed by atoms with E-state index in [0.717, 1.165) is 48.6 Å². The molecule has 2 atom stereocenters. The number of aryl methyl sites for hydroxylation is 1. The molecule has 0 amide bonds. The normalized spacial score (nSPS) is 17.5. The Morgan fingerprint density at radius 1 is 1.00 bits per heavy atom. The second-order valence-electron chi connectivity index (χ2n) is 9.14. The third-order valence-electron chi connectivity index (χ3n) is 6.71. The van der Waals surface area contributed by atoms with Gasteiger partial charge in [-0.15, -0.1) is 0 Å². The molecule has 1 aromatic heterocycles. The van der Waals surface area contributed by atoms with Gasteiger partial charge in [0.05, 0.1) is 12.3 Å². The zero-order valence-corrected chi connectivity index (χ0v) is 20.0. The van der Waals surface area contributed by atoms with Gasteiger partial charge in [-0.3, -0.25) is 0 Å². The average molecular weight is 467 g/mol. The first-order valence-corrected chi connectivity index (χ1v) is 12.2. The van der Waals surface area contributed by atoms with Gasteiger partial charge in [0, 0.05) is 36.7 Å². The predicted molar refractivity (Wildman–Crippen MR) is 138 cm³/mol. The fraction of sp³-hybridized carbons (Fsp3) is 0.267. The minimum atomic E-state index is 0.0359. The van der Waals surface area contributed by atoms with E-state index in [2.05, 4.69) is 34.1 Å². The van der Waals surface area contributed by atoms with Gasteiger partial charge in [-0.2, -0.15) is 0 Å². The molecule has 5 heteroatoms. The van der Waals surface area contributed by atoms with Gasteiger partial charge in [-0.25, -0.2) is 4.98 Å². The van der Waals surface area contributed by atoms with Crippen molar-refractivity contribution < 1.29 is 13.9 Å². The molecular formula is C30H30N2O3. The Bertz CT molecular complexity index is 1250. The summed E-state index contributed by atoms with van der Waals surface area (Å²) in [4.78, 5) is 18.8. The highest BCUT2D eigenvalue weighted by molar-refractivity contribution is 5.59. The zero-order valence-electron chi connectivity index (χ0n) is 20.0. The minimum absolute atomic E-state index is 0.0359. The van der Waals surface area contributed by atoms with Crippen LogP contribution in [0.2, 0.25) is 0 Å². The molecule has 5 nitrogen and oxygen atoms in total. The third kappa shape index (κ3) is 5.46. The van der Waals surface area contributed by atoms with Gasteiger partial charge in [0.25, 0.3) is 0 Å². The van der Waals surface area contributed by atoms with Crippen molar-refractivity contribution in [2.75, 3.05) is 24.6 Å². The molecule has 1 aliphatic rings. The highest BCUT2D eigenvalue weighted by Crippen LogP contribution is 2.30. The molecule has 0 radical (unpaired) electrons. The van der Waals surface area contributed by atoms with Crippen LogP contribution in [0.25, 0.3) is 11.5 Å². The van der Waals surface area contributed by atoms with Gasteiger partial charge in [0.2, 0.25) is 5.89 Å². The molecule has 0 bridgehead atoms. The molecule has 1 saturated heterocycles. The van der Waals surface area contributed by atoms with E-state index in [4.69, 9.17) is 9.15 Å². The summed E-state index contributed by atoms with van der Waals surface area (Å²) in [6.45, 7) is 4.12. The summed E-state index contributed by atoms with van der Waals surface area (Å²) in [7, 11) is 0. The Balaban J connectivity index is 1.18. The maximum absolute atomic E-state index is 11.8. The average Bonchev–Trinajstić information content (AvgIpc) is 3.48. The van der Waals surface area contributed by atoms with Crippen molar-refractivity contribution in [3.63, 3.8) is 0 Å². The molecule has 35 heavy (non-hydrogen) atoms. The Morgan fingerprint density at radius 3 is 2.54 bits per heavy atom. The molecule has 178 valence electrons. The first-order chi connectivity index (χ1) is 17.2. The maximum atomic E-state index is 11.8. The van der Waals surface area contributed by atoms with Crippen LogP contribution in [-0.4, -0.2) is 31.0 Å². The van der Waals surface area contributed by atoms with E-state index >= 15 is 0 Å². The fourth-order valence-electron chi connectivity index (χ4n) is 4.81. The molecule has 0 saturated carbocycles. The quantitative estimate of drug-likeness (QED) is 0.293. The van der Waals surface area contributed by atoms with Crippen LogP contribution < -0.4 is 9.64 Å². The van der Waals surface area contributed by atoms with Crippen LogP contribution in [-0.2, 0) is 17.6 Å². The number of hydrogen-bond donors (Lipinski definition) is 0. The summed E-state index contributed by atoms with van der Waals surface area (Å²) in [5.74, 6) is 2.63. The number of para-hydroxylation sites is 1. The lowest BCUT2D eigenvalue weighted by Crippen LogP contribution is -2.20. The Morgan fingerprint density at radius 2 is 1.77 bits per heavy atom. The molecule has 2 heterocycles. The van der Waals surface area contributed by atoms with Crippen LogP contribution in [0.15, 0.2) is 89.3 Å². The topological polar surface area (TPSA) is 55.6 Å². The number of aldehydes is 1. The van der Waals surface area contributed by atoms with Crippen molar-refractivity contribution in [1.29, 1.82) is 0 Å². The van der Waals surface area contributed by atoms with Crippen LogP contribution >= 0.6 is 0 Å². The van der Waals surface area contributed by atoms with Crippen LogP contribution in [0, 0.1) is 18.8 Å². The van der Waals surface area contributed by atoms with Gasteiger partial charge in [-0.1, -0.05) is 48.5 Å². The number of carbonyl (C=O) groups excluding carboxylic acids is 1. The molecule has 0 spiro atoms. The highest BCUT2D eigenvalue weighted by atomic mass is 16.5. The van der Waals surface area contributed by atoms with E-state index in [0.29, 0.717) is 18.9 Å². The van der Waals surface area contributed by atoms with E-state index < -0.39 is 0 Å². The van der Waals surface area contributed by atoms with Crippen LogP contribution in [0.5, 0.6) is 5.75 Å². The number of rotatable bonds is 9. The standard InChI is InChI=1S/C30H30N2O3/c1-22-29(31-30(35-22)24-10-4-2-5-11-24)15-16-34-28-14-8-9-23(18-28)17-25-19-32(20-26(25)21-33)27-12-6-3-7-13-27/h2-14,18,21,25-26H,15-17,19-20H2,1H3/t25-,26-/m0/s1. The zero-order chi connectivity index (χ0) is 24.0. The first-order valence-electron chi connectivity index (χ1n) is 12.2. The predicted octanol–water partition coefficient (Wildman–Crippen LogP) is 5.77. The molecule has 0 unspecified atom stereocenters. The van der Waals surface area contributed by atoms with E-state index in [1.54, 1.807) is 0 Å². The molecule has 5 rings (SSSR count). The van der Waals surface area contributed by atoms with Crippen molar-refractivity contribution in [3.8, 4) is 17.2 Å². The molecule has 1 fully saturated rings. The molecule has 4 aromatic rings. The smallest absolute Gasteiger partial charge is 0.226 e. The summed E-state index contributed by atoms with van der Waals surface area (Å²) in [5, 5.41) is 0. The number of carbonyl (C=O) groups is 1. The number of anilines is 1. The monoisotopic (exact) mass is 466 g/mol. The summed E-state index contributed by atoms with van der Waals surface area (Å²) in [6.07, 6.45) is 2.65. The fourth-order valence-corrected chi connectivity index (χ4v) is 4.81. The molecule has 0 N–H and O–H groups in total.